The maximum Gasteiger partial charge on any atom is 0.306 e. The van der Waals surface area contributed by atoms with Crippen LogP contribution in [-0.2, 0) is 47.7 Å². The standard InChI is InChI=1S/C59H101NO10/c1-5-9-13-17-23-36-52(37-24-18-14-10-6-2)68-57(63)44-29-21-27-42-55(61)66-50-34-40-54(70-59(65)46-33-49-60-47-31-32-48-60)41-35-51-67-56(62)43-28-22-30-45-58(64)69-53(38-25-19-15-11-7-3)39-26-20-16-12-8-4/h5-8,52-54H,1-4,9-51H2. The first-order chi connectivity index (χ1) is 34.2. The summed E-state index contributed by atoms with van der Waals surface area (Å²) in [6.45, 7) is 18.7. The number of allylic oxidation sites excluding steroid dienone is 4. The van der Waals surface area contributed by atoms with E-state index in [1.165, 1.54) is 12.8 Å². The molecule has 1 aliphatic heterocycles. The van der Waals surface area contributed by atoms with Gasteiger partial charge in [0, 0.05) is 32.1 Å². The van der Waals surface area contributed by atoms with Gasteiger partial charge in [-0.05, 0) is 193 Å². The Morgan fingerprint density at radius 1 is 0.357 bits per heavy atom. The highest BCUT2D eigenvalue weighted by Crippen LogP contribution is 2.20. The van der Waals surface area contributed by atoms with Gasteiger partial charge in [-0.3, -0.25) is 24.0 Å². The fourth-order valence-corrected chi connectivity index (χ4v) is 8.89. The molecule has 0 N–H and O–H groups in total. The van der Waals surface area contributed by atoms with Gasteiger partial charge in [-0.2, -0.15) is 0 Å². The Labute approximate surface area is 426 Å². The topological polar surface area (TPSA) is 135 Å². The first kappa shape index (κ1) is 64.3. The second kappa shape index (κ2) is 47.6. The largest absolute Gasteiger partial charge is 0.466 e. The van der Waals surface area contributed by atoms with Crippen LogP contribution in [0.1, 0.15) is 244 Å². The van der Waals surface area contributed by atoms with Crippen molar-refractivity contribution >= 4 is 29.8 Å². The number of carbonyl (C=O) groups excluding carboxylic acids is 5. The lowest BCUT2D eigenvalue weighted by molar-refractivity contribution is -0.152. The zero-order valence-corrected chi connectivity index (χ0v) is 44.3. The number of nitrogens with zero attached hydrogens (tertiary/aromatic N) is 1. The lowest BCUT2D eigenvalue weighted by Gasteiger charge is -2.19. The van der Waals surface area contributed by atoms with Crippen molar-refractivity contribution in [3.05, 3.63) is 50.6 Å². The maximum absolute atomic E-state index is 12.9. The molecule has 70 heavy (non-hydrogen) atoms. The minimum atomic E-state index is -0.362. The van der Waals surface area contributed by atoms with Gasteiger partial charge in [0.05, 0.1) is 13.2 Å². The highest BCUT2D eigenvalue weighted by molar-refractivity contribution is 5.71. The summed E-state index contributed by atoms with van der Waals surface area (Å²) >= 11 is 0. The Kier molecular flexibility index (Phi) is 43.7. The number of rotatable bonds is 51. The Hall–Kier alpha value is -3.73. The van der Waals surface area contributed by atoms with Gasteiger partial charge in [0.25, 0.3) is 0 Å². The molecule has 402 valence electrons. The molecule has 0 atom stereocenters. The predicted octanol–water partition coefficient (Wildman–Crippen LogP) is 14.7. The van der Waals surface area contributed by atoms with Crippen LogP contribution < -0.4 is 0 Å². The van der Waals surface area contributed by atoms with Crippen LogP contribution in [0.4, 0.5) is 0 Å². The summed E-state index contributed by atoms with van der Waals surface area (Å²) in [5, 5.41) is 0. The third-order valence-corrected chi connectivity index (χ3v) is 13.1. The lowest BCUT2D eigenvalue weighted by Crippen LogP contribution is -2.23. The number of hydrogen-bond donors (Lipinski definition) is 0. The van der Waals surface area contributed by atoms with Crippen LogP contribution >= 0.6 is 0 Å². The van der Waals surface area contributed by atoms with Gasteiger partial charge in [0.1, 0.15) is 18.3 Å². The van der Waals surface area contributed by atoms with Crippen molar-refractivity contribution in [1.82, 2.24) is 4.90 Å². The summed E-state index contributed by atoms with van der Waals surface area (Å²) in [7, 11) is 0. The van der Waals surface area contributed by atoms with Gasteiger partial charge < -0.3 is 28.6 Å². The summed E-state index contributed by atoms with van der Waals surface area (Å²) in [5.41, 5.74) is 0. The quantitative estimate of drug-likeness (QED) is 0.0249. The van der Waals surface area contributed by atoms with E-state index < -0.39 is 0 Å². The number of carbonyl (C=O) groups is 5. The van der Waals surface area contributed by atoms with Crippen LogP contribution in [0.5, 0.6) is 0 Å². The molecule has 0 aromatic carbocycles. The van der Waals surface area contributed by atoms with E-state index in [2.05, 4.69) is 31.2 Å². The Bertz CT molecular complexity index is 1260. The van der Waals surface area contributed by atoms with E-state index >= 15 is 0 Å². The van der Waals surface area contributed by atoms with Crippen LogP contribution in [0.25, 0.3) is 0 Å². The minimum absolute atomic E-state index is 0.0351. The summed E-state index contributed by atoms with van der Waals surface area (Å²) in [4.78, 5) is 65.7. The fraction of sp³-hybridized carbons (Fsp3) is 0.780. The second-order valence-electron chi connectivity index (χ2n) is 19.5. The predicted molar refractivity (Wildman–Crippen MR) is 284 cm³/mol. The normalized spacial score (nSPS) is 12.6. The molecule has 0 amide bonds. The number of hydrogen-bond acceptors (Lipinski definition) is 11. The maximum atomic E-state index is 12.9. The first-order valence-electron chi connectivity index (χ1n) is 28.3. The lowest BCUT2D eigenvalue weighted by atomic mass is 10.0. The van der Waals surface area contributed by atoms with Crippen LogP contribution in [-0.4, -0.2) is 85.9 Å². The van der Waals surface area contributed by atoms with E-state index in [0.29, 0.717) is 70.6 Å². The molecular formula is C59H101NO10. The summed E-state index contributed by atoms with van der Waals surface area (Å²) in [5.74, 6) is -1.08. The molecule has 1 aliphatic rings. The Morgan fingerprint density at radius 3 is 0.971 bits per heavy atom. The third-order valence-electron chi connectivity index (χ3n) is 13.1. The van der Waals surface area contributed by atoms with E-state index in [-0.39, 0.29) is 74.2 Å². The highest BCUT2D eigenvalue weighted by Gasteiger charge is 2.19. The van der Waals surface area contributed by atoms with E-state index in [1.54, 1.807) is 0 Å². The molecule has 0 aromatic rings. The molecule has 0 spiro atoms. The summed E-state index contributed by atoms with van der Waals surface area (Å²) in [6, 6.07) is 0. The summed E-state index contributed by atoms with van der Waals surface area (Å²) in [6.07, 6.45) is 39.2. The molecule has 11 heteroatoms. The SMILES string of the molecule is C=CCCCCCC(CCCCCC=C)OC(=O)CCCCCC(=O)OCCCC(CCCOC(=O)CCCCCC(=O)OC(CCCCCC=C)CCCCCC=C)OC(=O)CCCN1CCCC1. The van der Waals surface area contributed by atoms with Crippen LogP contribution in [0.2, 0.25) is 0 Å². The number of esters is 5. The van der Waals surface area contributed by atoms with Gasteiger partial charge in [-0.15, -0.1) is 26.3 Å². The second-order valence-corrected chi connectivity index (χ2v) is 19.5. The monoisotopic (exact) mass is 984 g/mol. The highest BCUT2D eigenvalue weighted by atomic mass is 16.6. The molecule has 0 aliphatic carbocycles. The van der Waals surface area contributed by atoms with E-state index in [9.17, 15) is 24.0 Å². The van der Waals surface area contributed by atoms with Crippen molar-refractivity contribution in [2.24, 2.45) is 0 Å². The van der Waals surface area contributed by atoms with Crippen molar-refractivity contribution in [2.45, 2.75) is 262 Å². The van der Waals surface area contributed by atoms with Gasteiger partial charge in [0.2, 0.25) is 0 Å². The van der Waals surface area contributed by atoms with Gasteiger partial charge >= 0.3 is 29.8 Å². The van der Waals surface area contributed by atoms with Crippen molar-refractivity contribution < 1.29 is 47.7 Å². The zero-order valence-electron chi connectivity index (χ0n) is 44.3. The average molecular weight is 984 g/mol. The number of ether oxygens (including phenoxy) is 5. The fourth-order valence-electron chi connectivity index (χ4n) is 8.89. The van der Waals surface area contributed by atoms with Crippen LogP contribution in [0.3, 0.4) is 0 Å². The van der Waals surface area contributed by atoms with Crippen molar-refractivity contribution in [2.75, 3.05) is 32.8 Å². The molecule has 1 fully saturated rings. The average Bonchev–Trinajstić information content (AvgIpc) is 3.87. The third kappa shape index (κ3) is 40.9. The van der Waals surface area contributed by atoms with E-state index in [1.807, 2.05) is 24.3 Å². The molecule has 0 aromatic heterocycles. The molecule has 1 saturated heterocycles. The first-order valence-corrected chi connectivity index (χ1v) is 28.3. The van der Waals surface area contributed by atoms with Crippen molar-refractivity contribution in [3.8, 4) is 0 Å². The Morgan fingerprint density at radius 2 is 0.643 bits per heavy atom. The molecule has 1 heterocycles. The van der Waals surface area contributed by atoms with Gasteiger partial charge in [-0.25, -0.2) is 0 Å². The van der Waals surface area contributed by atoms with Gasteiger partial charge in [-0.1, -0.05) is 62.8 Å². The molecule has 0 unspecified atom stereocenters. The van der Waals surface area contributed by atoms with E-state index in [4.69, 9.17) is 23.7 Å². The zero-order chi connectivity index (χ0) is 51.0. The smallest absolute Gasteiger partial charge is 0.306 e. The van der Waals surface area contributed by atoms with Gasteiger partial charge in [0.15, 0.2) is 0 Å². The molecular weight excluding hydrogens is 883 g/mol. The Balaban J connectivity index is 2.40. The molecule has 0 saturated carbocycles. The van der Waals surface area contributed by atoms with E-state index in [0.717, 1.165) is 167 Å². The molecule has 0 bridgehead atoms. The minimum Gasteiger partial charge on any atom is -0.466 e. The number of unbranched alkanes of at least 4 members (excludes halogenated alkanes) is 16. The van der Waals surface area contributed by atoms with Crippen LogP contribution in [0.15, 0.2) is 50.6 Å². The number of likely N-dealkylation sites (tertiary alicyclic amines) is 1. The van der Waals surface area contributed by atoms with Crippen molar-refractivity contribution in [1.29, 1.82) is 0 Å². The molecule has 11 nitrogen and oxygen atoms in total. The van der Waals surface area contributed by atoms with Crippen molar-refractivity contribution in [3.63, 3.8) is 0 Å². The molecule has 0 radical (unpaired) electrons. The van der Waals surface area contributed by atoms with Crippen LogP contribution in [0, 0.1) is 0 Å². The molecule has 1 rings (SSSR count). The summed E-state index contributed by atoms with van der Waals surface area (Å²) < 4.78 is 28.8.